The molecule has 0 bridgehead atoms. The zero-order valence-electron chi connectivity index (χ0n) is 13.1. The van der Waals surface area contributed by atoms with Gasteiger partial charge in [0.1, 0.15) is 0 Å². The first-order valence-corrected chi connectivity index (χ1v) is 8.11. The van der Waals surface area contributed by atoms with Gasteiger partial charge in [-0.15, -0.1) is 0 Å². The number of nitrogens with zero attached hydrogens (tertiary/aromatic N) is 2. The molecule has 0 fully saturated rings. The predicted molar refractivity (Wildman–Crippen MR) is 93.5 cm³/mol. The Labute approximate surface area is 151 Å². The molecule has 1 amide bonds. The first-order chi connectivity index (χ1) is 11.7. The van der Waals surface area contributed by atoms with Crippen LogP contribution in [0.15, 0.2) is 46.9 Å². The van der Waals surface area contributed by atoms with Gasteiger partial charge in [0.25, 0.3) is 11.6 Å². The number of halogens is 1. The van der Waals surface area contributed by atoms with Gasteiger partial charge in [-0.25, -0.2) is 0 Å². The lowest BCUT2D eigenvalue weighted by molar-refractivity contribution is -0.384. The van der Waals surface area contributed by atoms with Crippen molar-refractivity contribution in [2.24, 2.45) is 0 Å². The number of likely N-dealkylation sites (N-methyl/N-ethyl adjacent to an activating group) is 1. The Morgan fingerprint density at radius 1 is 1.32 bits per heavy atom. The van der Waals surface area contributed by atoms with Crippen molar-refractivity contribution in [1.82, 2.24) is 0 Å². The molecular weight excluding hydrogens is 392 g/mol. The zero-order valence-corrected chi connectivity index (χ0v) is 14.7. The number of benzene rings is 2. The van der Waals surface area contributed by atoms with Crippen LogP contribution in [0.1, 0.15) is 22.3 Å². The van der Waals surface area contributed by atoms with Crippen molar-refractivity contribution in [2.75, 3.05) is 11.9 Å². The quantitative estimate of drug-likeness (QED) is 0.479. The molecule has 0 spiro atoms. The van der Waals surface area contributed by atoms with Gasteiger partial charge in [0.2, 0.25) is 0 Å². The minimum atomic E-state index is -2.00. The lowest BCUT2D eigenvalue weighted by atomic mass is 9.88. The van der Waals surface area contributed by atoms with Crippen molar-refractivity contribution in [3.8, 4) is 0 Å². The minimum absolute atomic E-state index is 0.0709. The summed E-state index contributed by atoms with van der Waals surface area (Å²) in [6.07, 6.45) is -0.499. The molecule has 1 N–H and O–H groups in total. The molecule has 3 rings (SSSR count). The van der Waals surface area contributed by atoms with Gasteiger partial charge in [-0.05, 0) is 18.2 Å². The molecule has 128 valence electrons. The maximum atomic E-state index is 12.6. The molecule has 1 aliphatic heterocycles. The molecule has 0 aliphatic carbocycles. The highest BCUT2D eigenvalue weighted by molar-refractivity contribution is 9.10. The van der Waals surface area contributed by atoms with E-state index in [0.29, 0.717) is 15.7 Å². The third kappa shape index (κ3) is 2.83. The SMILES string of the molecule is CN1C(=O)C(O)(CC(=O)c2cccc([N+](=O)[O-])c2)c2cc(Br)ccc21. The molecule has 8 heteroatoms. The largest absolute Gasteiger partial charge is 0.375 e. The second-order valence-electron chi connectivity index (χ2n) is 5.79. The van der Waals surface area contributed by atoms with Crippen LogP contribution < -0.4 is 4.90 Å². The second-order valence-corrected chi connectivity index (χ2v) is 6.71. The minimum Gasteiger partial charge on any atom is -0.375 e. The molecule has 7 nitrogen and oxygen atoms in total. The van der Waals surface area contributed by atoms with Crippen LogP contribution in [0.2, 0.25) is 0 Å². The molecule has 0 saturated carbocycles. The summed E-state index contributed by atoms with van der Waals surface area (Å²) < 4.78 is 0.663. The summed E-state index contributed by atoms with van der Waals surface area (Å²) in [5.41, 5.74) is -1.32. The molecule has 0 aromatic heterocycles. The highest BCUT2D eigenvalue weighted by atomic mass is 79.9. The molecule has 25 heavy (non-hydrogen) atoms. The topological polar surface area (TPSA) is 101 Å². The van der Waals surface area contributed by atoms with E-state index in [2.05, 4.69) is 15.9 Å². The molecule has 2 aromatic carbocycles. The first-order valence-electron chi connectivity index (χ1n) is 7.32. The summed E-state index contributed by atoms with van der Waals surface area (Å²) >= 11 is 3.29. The fourth-order valence-electron chi connectivity index (χ4n) is 2.93. The van der Waals surface area contributed by atoms with Crippen LogP contribution in [0.3, 0.4) is 0 Å². The van der Waals surface area contributed by atoms with E-state index in [4.69, 9.17) is 0 Å². The van der Waals surface area contributed by atoms with Crippen LogP contribution in [-0.4, -0.2) is 28.8 Å². The maximum Gasteiger partial charge on any atom is 0.270 e. The maximum absolute atomic E-state index is 12.6. The number of rotatable bonds is 4. The Bertz CT molecular complexity index is 914. The number of anilines is 1. The van der Waals surface area contributed by atoms with Gasteiger partial charge in [0, 0.05) is 34.8 Å². The molecule has 0 saturated heterocycles. The number of hydrogen-bond donors (Lipinski definition) is 1. The Balaban J connectivity index is 1.98. The number of carbonyl (C=O) groups is 2. The van der Waals surface area contributed by atoms with E-state index in [1.807, 2.05) is 0 Å². The summed E-state index contributed by atoms with van der Waals surface area (Å²) in [5, 5.41) is 21.8. The van der Waals surface area contributed by atoms with E-state index in [1.165, 1.54) is 30.1 Å². The van der Waals surface area contributed by atoms with Crippen LogP contribution >= 0.6 is 15.9 Å². The van der Waals surface area contributed by atoms with Crippen molar-refractivity contribution in [3.05, 3.63) is 68.2 Å². The number of amides is 1. The third-order valence-electron chi connectivity index (χ3n) is 4.22. The van der Waals surface area contributed by atoms with Gasteiger partial charge in [-0.3, -0.25) is 19.7 Å². The van der Waals surface area contributed by atoms with Crippen molar-refractivity contribution >= 4 is 39.0 Å². The number of hydrogen-bond acceptors (Lipinski definition) is 5. The van der Waals surface area contributed by atoms with Gasteiger partial charge in [0.15, 0.2) is 11.4 Å². The number of nitro groups is 1. The summed E-state index contributed by atoms with van der Waals surface area (Å²) in [6, 6.07) is 10.2. The van der Waals surface area contributed by atoms with Gasteiger partial charge in [-0.1, -0.05) is 28.1 Å². The van der Waals surface area contributed by atoms with Gasteiger partial charge in [0.05, 0.1) is 17.0 Å². The predicted octanol–water partition coefficient (Wildman–Crippen LogP) is 2.79. The van der Waals surface area contributed by atoms with Crippen LogP contribution in [-0.2, 0) is 10.4 Å². The number of nitro benzene ring substituents is 1. The Morgan fingerprint density at radius 3 is 2.72 bits per heavy atom. The van der Waals surface area contributed by atoms with E-state index in [1.54, 1.807) is 18.2 Å². The van der Waals surface area contributed by atoms with E-state index in [-0.39, 0.29) is 11.3 Å². The number of carbonyl (C=O) groups excluding carboxylic acids is 2. The van der Waals surface area contributed by atoms with E-state index < -0.39 is 28.6 Å². The fraction of sp³-hybridized carbons (Fsp3) is 0.176. The van der Waals surface area contributed by atoms with Crippen molar-refractivity contribution in [2.45, 2.75) is 12.0 Å². The molecular formula is C17H13BrN2O5. The number of Topliss-reactive ketones (excluding diaryl/α,β-unsaturated/α-hetero) is 1. The van der Waals surface area contributed by atoms with Crippen LogP contribution in [0, 0.1) is 10.1 Å². The molecule has 2 aromatic rings. The molecule has 1 atom stereocenters. The van der Waals surface area contributed by atoms with E-state index in [0.717, 1.165) is 6.07 Å². The smallest absolute Gasteiger partial charge is 0.270 e. The number of non-ortho nitro benzene ring substituents is 1. The Kier molecular flexibility index (Phi) is 4.18. The standard InChI is InChI=1S/C17H13BrN2O5/c1-19-14-6-5-11(18)8-13(14)17(23,16(19)22)9-15(21)10-3-2-4-12(7-10)20(24)25/h2-8,23H,9H2,1H3. The monoisotopic (exact) mass is 404 g/mol. The van der Waals surface area contributed by atoms with E-state index in [9.17, 15) is 24.8 Å². The summed E-state index contributed by atoms with van der Waals surface area (Å²) in [5.74, 6) is -1.17. The molecule has 1 heterocycles. The van der Waals surface area contributed by atoms with Crippen molar-refractivity contribution in [3.63, 3.8) is 0 Å². The van der Waals surface area contributed by atoms with Crippen LogP contribution in [0.4, 0.5) is 11.4 Å². The number of fused-ring (bicyclic) bond motifs is 1. The molecule has 1 unspecified atom stereocenters. The lowest BCUT2D eigenvalue weighted by Gasteiger charge is -2.21. The lowest BCUT2D eigenvalue weighted by Crippen LogP contribution is -2.40. The normalized spacial score (nSPS) is 19.0. The zero-order chi connectivity index (χ0) is 18.4. The molecule has 1 aliphatic rings. The highest BCUT2D eigenvalue weighted by Gasteiger charge is 2.49. The third-order valence-corrected chi connectivity index (χ3v) is 4.71. The van der Waals surface area contributed by atoms with E-state index >= 15 is 0 Å². The summed E-state index contributed by atoms with van der Waals surface area (Å²) in [4.78, 5) is 36.6. The van der Waals surface area contributed by atoms with Crippen molar-refractivity contribution < 1.29 is 19.6 Å². The second kappa shape index (κ2) is 6.05. The summed E-state index contributed by atoms with van der Waals surface area (Å²) in [6.45, 7) is 0. The van der Waals surface area contributed by atoms with Crippen LogP contribution in [0.25, 0.3) is 0 Å². The molecule has 0 radical (unpaired) electrons. The Morgan fingerprint density at radius 2 is 2.04 bits per heavy atom. The first kappa shape index (κ1) is 17.2. The van der Waals surface area contributed by atoms with Gasteiger partial charge >= 0.3 is 0 Å². The average molecular weight is 405 g/mol. The average Bonchev–Trinajstić information content (AvgIpc) is 2.76. The van der Waals surface area contributed by atoms with Gasteiger partial charge in [-0.2, -0.15) is 0 Å². The fourth-order valence-corrected chi connectivity index (χ4v) is 3.29. The number of aliphatic hydroxyl groups is 1. The van der Waals surface area contributed by atoms with Gasteiger partial charge < -0.3 is 10.0 Å². The number of ketones is 1. The van der Waals surface area contributed by atoms with Crippen molar-refractivity contribution in [1.29, 1.82) is 0 Å². The highest BCUT2D eigenvalue weighted by Crippen LogP contribution is 2.43. The Hall–Kier alpha value is -2.58. The summed E-state index contributed by atoms with van der Waals surface area (Å²) in [7, 11) is 1.52. The van der Waals surface area contributed by atoms with Crippen LogP contribution in [0.5, 0.6) is 0 Å².